The lowest BCUT2D eigenvalue weighted by Crippen LogP contribution is -2.25. The molecule has 1 unspecified atom stereocenters. The third kappa shape index (κ3) is 2.60. The summed E-state index contributed by atoms with van der Waals surface area (Å²) in [5.74, 6) is 0.988. The van der Waals surface area contributed by atoms with Gasteiger partial charge in [-0.05, 0) is 23.8 Å². The third-order valence-corrected chi connectivity index (χ3v) is 3.65. The van der Waals surface area contributed by atoms with E-state index in [0.717, 1.165) is 30.0 Å². The molecule has 1 heterocycles. The first kappa shape index (κ1) is 12.9. The summed E-state index contributed by atoms with van der Waals surface area (Å²) in [6.45, 7) is 0.730. The summed E-state index contributed by atoms with van der Waals surface area (Å²) in [4.78, 5) is 0.406. The number of fused-ring (bicyclic) bond motifs is 1. The topological polar surface area (TPSA) is 47.3 Å². The summed E-state index contributed by atoms with van der Waals surface area (Å²) in [7, 11) is 0. The second-order valence-corrected chi connectivity index (χ2v) is 5.28. The number of anilines is 1. The number of nitrogens with one attached hydrogen (secondary N) is 1. The molecule has 0 aliphatic carbocycles. The minimum atomic E-state index is 0.145. The highest BCUT2D eigenvalue weighted by molar-refractivity contribution is 7.80. The van der Waals surface area contributed by atoms with E-state index in [9.17, 15) is 0 Å². The monoisotopic (exact) mass is 284 g/mol. The van der Waals surface area contributed by atoms with Gasteiger partial charge >= 0.3 is 0 Å². The second-order valence-electron chi connectivity index (χ2n) is 4.84. The van der Waals surface area contributed by atoms with Crippen molar-refractivity contribution in [3.8, 4) is 5.75 Å². The van der Waals surface area contributed by atoms with Crippen molar-refractivity contribution in [1.29, 1.82) is 0 Å². The van der Waals surface area contributed by atoms with Crippen molar-refractivity contribution in [2.45, 2.75) is 12.5 Å². The van der Waals surface area contributed by atoms with E-state index >= 15 is 0 Å². The van der Waals surface area contributed by atoms with Crippen LogP contribution in [0.1, 0.15) is 11.1 Å². The molecule has 102 valence electrons. The summed E-state index contributed by atoms with van der Waals surface area (Å²) in [5.41, 5.74) is 8.82. The van der Waals surface area contributed by atoms with Crippen LogP contribution < -0.4 is 15.8 Å². The minimum Gasteiger partial charge on any atom is -0.488 e. The summed E-state index contributed by atoms with van der Waals surface area (Å²) in [6.07, 6.45) is 1.07. The van der Waals surface area contributed by atoms with Gasteiger partial charge in [0.2, 0.25) is 0 Å². The molecule has 0 amide bonds. The summed E-state index contributed by atoms with van der Waals surface area (Å²) in [6, 6.07) is 16.0. The Hall–Kier alpha value is -2.07. The molecule has 3 rings (SSSR count). The lowest BCUT2D eigenvalue weighted by molar-refractivity contribution is 0.246. The SMILES string of the molecule is NC(=S)c1ccccc1NCC1Cc2ccccc2O1. The summed E-state index contributed by atoms with van der Waals surface area (Å²) >= 11 is 5.06. The summed E-state index contributed by atoms with van der Waals surface area (Å²) < 4.78 is 5.90. The third-order valence-electron chi connectivity index (χ3n) is 3.43. The Morgan fingerprint density at radius 2 is 1.95 bits per heavy atom. The molecule has 0 saturated heterocycles. The van der Waals surface area contributed by atoms with Crippen LogP contribution in [-0.4, -0.2) is 17.6 Å². The van der Waals surface area contributed by atoms with Crippen LogP contribution in [0.3, 0.4) is 0 Å². The second kappa shape index (κ2) is 5.51. The van der Waals surface area contributed by atoms with Crippen LogP contribution in [0.15, 0.2) is 48.5 Å². The van der Waals surface area contributed by atoms with Crippen LogP contribution in [0.2, 0.25) is 0 Å². The molecule has 0 aromatic heterocycles. The predicted octanol–water partition coefficient (Wildman–Crippen LogP) is 2.74. The first-order chi connectivity index (χ1) is 9.74. The molecule has 0 radical (unpaired) electrons. The van der Waals surface area contributed by atoms with E-state index < -0.39 is 0 Å². The number of hydrogen-bond donors (Lipinski definition) is 2. The Morgan fingerprint density at radius 1 is 1.20 bits per heavy atom. The van der Waals surface area contributed by atoms with Gasteiger partial charge in [-0.1, -0.05) is 42.5 Å². The van der Waals surface area contributed by atoms with Gasteiger partial charge in [0, 0.05) is 17.7 Å². The van der Waals surface area contributed by atoms with Gasteiger partial charge < -0.3 is 15.8 Å². The van der Waals surface area contributed by atoms with Gasteiger partial charge in [0.1, 0.15) is 16.8 Å². The molecular formula is C16H16N2OS. The fourth-order valence-electron chi connectivity index (χ4n) is 2.44. The van der Waals surface area contributed by atoms with Crippen LogP contribution in [0, 0.1) is 0 Å². The van der Waals surface area contributed by atoms with E-state index in [0.29, 0.717) is 4.99 Å². The van der Waals surface area contributed by atoms with Crippen molar-refractivity contribution in [2.24, 2.45) is 5.73 Å². The van der Waals surface area contributed by atoms with Crippen LogP contribution in [-0.2, 0) is 6.42 Å². The van der Waals surface area contributed by atoms with Crippen LogP contribution in [0.4, 0.5) is 5.69 Å². The molecule has 1 aliphatic rings. The molecule has 3 N–H and O–H groups in total. The molecule has 2 aromatic rings. The van der Waals surface area contributed by atoms with E-state index in [4.69, 9.17) is 22.7 Å². The highest BCUT2D eigenvalue weighted by Gasteiger charge is 2.22. The van der Waals surface area contributed by atoms with Crippen molar-refractivity contribution in [2.75, 3.05) is 11.9 Å². The standard InChI is InChI=1S/C16H16N2OS/c17-16(20)13-6-2-3-7-14(13)18-10-12-9-11-5-1-4-8-15(11)19-12/h1-8,12,18H,9-10H2,(H2,17,20). The van der Waals surface area contributed by atoms with Crippen LogP contribution in [0.5, 0.6) is 5.75 Å². The minimum absolute atomic E-state index is 0.145. The molecule has 0 fully saturated rings. The molecule has 1 aliphatic heterocycles. The molecule has 4 heteroatoms. The number of benzene rings is 2. The van der Waals surface area contributed by atoms with E-state index in [-0.39, 0.29) is 6.10 Å². The van der Waals surface area contributed by atoms with Gasteiger partial charge in [0.15, 0.2) is 0 Å². The Labute approximate surface area is 123 Å². The van der Waals surface area contributed by atoms with Crippen molar-refractivity contribution >= 4 is 22.9 Å². The van der Waals surface area contributed by atoms with E-state index in [1.807, 2.05) is 42.5 Å². The van der Waals surface area contributed by atoms with Gasteiger partial charge in [-0.15, -0.1) is 0 Å². The van der Waals surface area contributed by atoms with E-state index in [1.165, 1.54) is 5.56 Å². The Morgan fingerprint density at radius 3 is 2.75 bits per heavy atom. The zero-order chi connectivity index (χ0) is 13.9. The van der Waals surface area contributed by atoms with Crippen LogP contribution in [0.25, 0.3) is 0 Å². The average Bonchev–Trinajstić information content (AvgIpc) is 2.88. The molecule has 0 spiro atoms. The van der Waals surface area contributed by atoms with Gasteiger partial charge in [-0.25, -0.2) is 0 Å². The summed E-state index contributed by atoms with van der Waals surface area (Å²) in [5, 5.41) is 3.38. The number of rotatable bonds is 4. The molecule has 0 saturated carbocycles. The molecular weight excluding hydrogens is 268 g/mol. The first-order valence-electron chi connectivity index (χ1n) is 6.61. The van der Waals surface area contributed by atoms with Gasteiger partial charge in [0.05, 0.1) is 6.54 Å². The molecule has 3 nitrogen and oxygen atoms in total. The van der Waals surface area contributed by atoms with Crippen molar-refractivity contribution in [3.63, 3.8) is 0 Å². The Kier molecular flexibility index (Phi) is 3.56. The van der Waals surface area contributed by atoms with Gasteiger partial charge in [0.25, 0.3) is 0 Å². The van der Waals surface area contributed by atoms with Gasteiger partial charge in [-0.3, -0.25) is 0 Å². The maximum Gasteiger partial charge on any atom is 0.123 e. The smallest absolute Gasteiger partial charge is 0.123 e. The predicted molar refractivity (Wildman–Crippen MR) is 85.4 cm³/mol. The maximum absolute atomic E-state index is 5.90. The van der Waals surface area contributed by atoms with Crippen LogP contribution >= 0.6 is 12.2 Å². The maximum atomic E-state index is 5.90. The Bertz CT molecular complexity index is 617. The fourth-order valence-corrected chi connectivity index (χ4v) is 2.62. The molecule has 20 heavy (non-hydrogen) atoms. The molecule has 1 atom stereocenters. The van der Waals surface area contributed by atoms with Gasteiger partial charge in [-0.2, -0.15) is 0 Å². The van der Waals surface area contributed by atoms with E-state index in [1.54, 1.807) is 0 Å². The van der Waals surface area contributed by atoms with Crippen molar-refractivity contribution in [3.05, 3.63) is 59.7 Å². The van der Waals surface area contributed by atoms with Crippen molar-refractivity contribution in [1.82, 2.24) is 0 Å². The van der Waals surface area contributed by atoms with E-state index in [2.05, 4.69) is 11.4 Å². The lowest BCUT2D eigenvalue weighted by atomic mass is 10.1. The zero-order valence-electron chi connectivity index (χ0n) is 11.0. The highest BCUT2D eigenvalue weighted by atomic mass is 32.1. The number of thiocarbonyl (C=S) groups is 1. The normalized spacial score (nSPS) is 16.3. The number of ether oxygens (including phenoxy) is 1. The average molecular weight is 284 g/mol. The first-order valence-corrected chi connectivity index (χ1v) is 7.02. The zero-order valence-corrected chi connectivity index (χ0v) is 11.8. The van der Waals surface area contributed by atoms with Crippen molar-refractivity contribution < 1.29 is 4.74 Å². The highest BCUT2D eigenvalue weighted by Crippen LogP contribution is 2.28. The molecule has 0 bridgehead atoms. The quantitative estimate of drug-likeness (QED) is 0.848. The fraction of sp³-hybridized carbons (Fsp3) is 0.188. The Balaban J connectivity index is 1.66. The number of hydrogen-bond acceptors (Lipinski definition) is 3. The molecule has 2 aromatic carbocycles. The lowest BCUT2D eigenvalue weighted by Gasteiger charge is -2.15. The largest absolute Gasteiger partial charge is 0.488 e. The number of para-hydroxylation sites is 2. The number of nitrogens with two attached hydrogens (primary N) is 1.